The minimum absolute atomic E-state index is 0.0118. The number of amides is 3. The quantitative estimate of drug-likeness (QED) is 0.493. The molecule has 3 N–H and O–H groups in total. The average molecular weight is 410 g/mol. The van der Waals surface area contributed by atoms with Gasteiger partial charge in [-0.1, -0.05) is 12.5 Å². The molecule has 3 amide bonds. The van der Waals surface area contributed by atoms with Crippen LogP contribution >= 0.6 is 0 Å². The molecule has 2 rings (SSSR count). The lowest BCUT2D eigenvalue weighted by Gasteiger charge is -2.32. The molecule has 0 aliphatic carbocycles. The van der Waals surface area contributed by atoms with E-state index in [1.165, 1.54) is 28.6 Å². The summed E-state index contributed by atoms with van der Waals surface area (Å²) in [5.74, 6) is -2.63. The minimum Gasteiger partial charge on any atom is -0.346 e. The first kappa shape index (κ1) is 21.8. The van der Waals surface area contributed by atoms with E-state index in [0.717, 1.165) is 19.3 Å². The summed E-state index contributed by atoms with van der Waals surface area (Å²) in [6.07, 6.45) is 2.58. The van der Waals surface area contributed by atoms with Gasteiger partial charge in [-0.15, -0.1) is 0 Å². The zero-order valence-corrected chi connectivity index (χ0v) is 17.0. The Bertz CT molecular complexity index is 853. The molecule has 1 saturated heterocycles. The topological polar surface area (TPSA) is 125 Å². The van der Waals surface area contributed by atoms with Crippen molar-refractivity contribution in [2.75, 3.05) is 6.54 Å². The summed E-state index contributed by atoms with van der Waals surface area (Å²) < 4.78 is 27.3. The molecule has 10 heteroatoms. The molecular formula is C18H26N4O5S. The number of nitrogens with one attached hydrogen (secondary N) is 3. The summed E-state index contributed by atoms with van der Waals surface area (Å²) in [6, 6.07) is 5.25. The fraction of sp³-hybridized carbons (Fsp3) is 0.500. The predicted molar refractivity (Wildman–Crippen MR) is 103 cm³/mol. The SMILES string of the molecule is CC(C)NC(=O)C(=O)NNC(=O)c1cccc(S(=O)(=O)N2CCCC[C@@H]2C)c1. The van der Waals surface area contributed by atoms with Gasteiger partial charge in [0.2, 0.25) is 10.0 Å². The second-order valence-corrected chi connectivity index (χ2v) is 8.92. The largest absolute Gasteiger partial charge is 0.346 e. The maximum absolute atomic E-state index is 12.9. The molecule has 1 fully saturated rings. The van der Waals surface area contributed by atoms with Crippen LogP contribution < -0.4 is 16.2 Å². The number of sulfonamides is 1. The standard InChI is InChI=1S/C18H26N4O5S/c1-12(2)19-17(24)18(25)21-20-16(23)14-8-6-9-15(11-14)28(26,27)22-10-5-4-7-13(22)3/h6,8-9,11-13H,4-5,7,10H2,1-3H3,(H,19,24)(H,20,23)(H,21,25)/t13-/m0/s1. The van der Waals surface area contributed by atoms with Crippen LogP contribution in [0.5, 0.6) is 0 Å². The highest BCUT2D eigenvalue weighted by Crippen LogP contribution is 2.25. The summed E-state index contributed by atoms with van der Waals surface area (Å²) >= 11 is 0. The van der Waals surface area contributed by atoms with Gasteiger partial charge in [-0.2, -0.15) is 4.31 Å². The van der Waals surface area contributed by atoms with Gasteiger partial charge in [-0.05, 0) is 51.8 Å². The van der Waals surface area contributed by atoms with Crippen LogP contribution in [0, 0.1) is 0 Å². The molecule has 0 saturated carbocycles. The lowest BCUT2D eigenvalue weighted by molar-refractivity contribution is -0.139. The zero-order valence-electron chi connectivity index (χ0n) is 16.2. The lowest BCUT2D eigenvalue weighted by Crippen LogP contribution is -2.49. The first-order valence-corrected chi connectivity index (χ1v) is 10.6. The number of rotatable bonds is 4. The molecule has 9 nitrogen and oxygen atoms in total. The van der Waals surface area contributed by atoms with Crippen LogP contribution in [0.15, 0.2) is 29.2 Å². The Kier molecular flexibility index (Phi) is 7.14. The van der Waals surface area contributed by atoms with Crippen LogP contribution in [-0.4, -0.2) is 49.1 Å². The van der Waals surface area contributed by atoms with Gasteiger partial charge in [-0.25, -0.2) is 8.42 Å². The monoisotopic (exact) mass is 410 g/mol. The van der Waals surface area contributed by atoms with E-state index in [1.54, 1.807) is 13.8 Å². The third-order valence-electron chi connectivity index (χ3n) is 4.36. The molecule has 28 heavy (non-hydrogen) atoms. The maximum Gasteiger partial charge on any atom is 0.327 e. The van der Waals surface area contributed by atoms with Crippen molar-refractivity contribution < 1.29 is 22.8 Å². The van der Waals surface area contributed by atoms with Gasteiger partial charge in [0.15, 0.2) is 0 Å². The van der Waals surface area contributed by atoms with Gasteiger partial charge in [-0.3, -0.25) is 25.2 Å². The fourth-order valence-electron chi connectivity index (χ4n) is 2.93. The second-order valence-electron chi connectivity index (χ2n) is 7.02. The van der Waals surface area contributed by atoms with Crippen LogP contribution in [0.1, 0.15) is 50.4 Å². The number of carbonyl (C=O) groups excluding carboxylic acids is 3. The van der Waals surface area contributed by atoms with Gasteiger partial charge in [0.25, 0.3) is 5.91 Å². The zero-order chi connectivity index (χ0) is 20.9. The van der Waals surface area contributed by atoms with Crippen LogP contribution in [0.25, 0.3) is 0 Å². The maximum atomic E-state index is 12.9. The average Bonchev–Trinajstić information content (AvgIpc) is 2.65. The van der Waals surface area contributed by atoms with Gasteiger partial charge in [0, 0.05) is 24.2 Å². The highest BCUT2D eigenvalue weighted by atomic mass is 32.2. The fourth-order valence-corrected chi connectivity index (χ4v) is 4.68. The summed E-state index contributed by atoms with van der Waals surface area (Å²) in [4.78, 5) is 35.4. The molecule has 1 atom stereocenters. The minimum atomic E-state index is -3.72. The lowest BCUT2D eigenvalue weighted by atomic mass is 10.1. The Morgan fingerprint density at radius 2 is 1.82 bits per heavy atom. The summed E-state index contributed by atoms with van der Waals surface area (Å²) in [5, 5.41) is 2.39. The number of piperidine rings is 1. The van der Waals surface area contributed by atoms with Crippen molar-refractivity contribution in [2.45, 2.75) is 57.0 Å². The molecule has 1 aliphatic heterocycles. The Morgan fingerprint density at radius 3 is 2.46 bits per heavy atom. The number of benzene rings is 1. The van der Waals surface area contributed by atoms with Crippen molar-refractivity contribution in [1.82, 2.24) is 20.5 Å². The Labute approximate surface area is 164 Å². The normalized spacial score (nSPS) is 17.8. The van der Waals surface area contributed by atoms with Gasteiger partial charge in [0.1, 0.15) is 0 Å². The second kappa shape index (κ2) is 9.16. The van der Waals surface area contributed by atoms with Crippen molar-refractivity contribution in [3.8, 4) is 0 Å². The van der Waals surface area contributed by atoms with Crippen molar-refractivity contribution in [3.63, 3.8) is 0 Å². The van der Waals surface area contributed by atoms with Crippen molar-refractivity contribution in [1.29, 1.82) is 0 Å². The number of hydrogen-bond donors (Lipinski definition) is 3. The van der Waals surface area contributed by atoms with Crippen LogP contribution in [0.4, 0.5) is 0 Å². The van der Waals surface area contributed by atoms with Crippen LogP contribution in [-0.2, 0) is 19.6 Å². The molecular weight excluding hydrogens is 384 g/mol. The molecule has 0 spiro atoms. The van der Waals surface area contributed by atoms with E-state index >= 15 is 0 Å². The predicted octanol–water partition coefficient (Wildman–Crippen LogP) is 0.535. The van der Waals surface area contributed by atoms with E-state index < -0.39 is 27.7 Å². The third-order valence-corrected chi connectivity index (χ3v) is 6.37. The number of hydrogen-bond acceptors (Lipinski definition) is 5. The van der Waals surface area contributed by atoms with Crippen molar-refractivity contribution >= 4 is 27.7 Å². The van der Waals surface area contributed by atoms with Crippen molar-refractivity contribution in [3.05, 3.63) is 29.8 Å². The van der Waals surface area contributed by atoms with Gasteiger partial charge < -0.3 is 5.32 Å². The molecule has 0 unspecified atom stereocenters. The molecule has 1 aromatic carbocycles. The smallest absolute Gasteiger partial charge is 0.327 e. The van der Waals surface area contributed by atoms with E-state index in [9.17, 15) is 22.8 Å². The van der Waals surface area contributed by atoms with Crippen molar-refractivity contribution in [2.24, 2.45) is 0 Å². The summed E-state index contributed by atoms with van der Waals surface area (Å²) in [6.45, 7) is 5.70. The first-order valence-electron chi connectivity index (χ1n) is 9.16. The van der Waals surface area contributed by atoms with E-state index in [1.807, 2.05) is 12.3 Å². The van der Waals surface area contributed by atoms with E-state index in [2.05, 4.69) is 10.7 Å². The molecule has 1 aromatic rings. The Balaban J connectivity index is 2.09. The van der Waals surface area contributed by atoms with Gasteiger partial charge in [0.05, 0.1) is 4.90 Å². The van der Waals surface area contributed by atoms with E-state index in [-0.39, 0.29) is 22.5 Å². The first-order chi connectivity index (χ1) is 13.1. The Hall–Kier alpha value is -2.46. The summed E-state index contributed by atoms with van der Waals surface area (Å²) in [7, 11) is -3.72. The molecule has 0 radical (unpaired) electrons. The number of nitrogens with zero attached hydrogens (tertiary/aromatic N) is 1. The van der Waals surface area contributed by atoms with Crippen LogP contribution in [0.2, 0.25) is 0 Å². The van der Waals surface area contributed by atoms with Gasteiger partial charge >= 0.3 is 11.8 Å². The number of hydrazine groups is 1. The molecule has 0 aromatic heterocycles. The molecule has 1 heterocycles. The Morgan fingerprint density at radius 1 is 1.11 bits per heavy atom. The highest BCUT2D eigenvalue weighted by molar-refractivity contribution is 7.89. The number of carbonyl (C=O) groups is 3. The molecule has 154 valence electrons. The van der Waals surface area contributed by atoms with E-state index in [4.69, 9.17) is 0 Å². The van der Waals surface area contributed by atoms with E-state index in [0.29, 0.717) is 6.54 Å². The third kappa shape index (κ3) is 5.29. The molecule has 0 bridgehead atoms. The molecule has 1 aliphatic rings. The summed E-state index contributed by atoms with van der Waals surface area (Å²) in [5.41, 5.74) is 4.17. The highest BCUT2D eigenvalue weighted by Gasteiger charge is 2.31. The van der Waals surface area contributed by atoms with Crippen LogP contribution in [0.3, 0.4) is 0 Å².